The molecule has 164 valence electrons. The predicted octanol–water partition coefficient (Wildman–Crippen LogP) is 6.31. The fraction of sp³-hybridized carbons (Fsp3) is 0.917. The Bertz CT molecular complexity index is 429. The van der Waals surface area contributed by atoms with Gasteiger partial charge in [-0.05, 0) is 62.2 Å². The first-order valence-electron chi connectivity index (χ1n) is 11.4. The van der Waals surface area contributed by atoms with Crippen LogP contribution in [0.3, 0.4) is 0 Å². The number of hydrogen-bond donors (Lipinski definition) is 0. The Labute approximate surface area is 173 Å². The molecule has 0 N–H and O–H groups in total. The van der Waals surface area contributed by atoms with Gasteiger partial charge in [-0.3, -0.25) is 9.59 Å². The van der Waals surface area contributed by atoms with Gasteiger partial charge in [0.05, 0.1) is 25.0 Å². The SMILES string of the molecule is CCCC(C)(C)CCOC(=O)C1CCC(C(=O)OCCC(C)(C)CCC)CC1. The zero-order chi connectivity index (χ0) is 21.2. The third-order valence-electron chi connectivity index (χ3n) is 6.29. The van der Waals surface area contributed by atoms with E-state index in [-0.39, 0.29) is 34.6 Å². The zero-order valence-corrected chi connectivity index (χ0v) is 19.3. The highest BCUT2D eigenvalue weighted by Gasteiger charge is 2.32. The summed E-state index contributed by atoms with van der Waals surface area (Å²) < 4.78 is 11.1. The number of esters is 2. The van der Waals surface area contributed by atoms with Gasteiger partial charge in [-0.2, -0.15) is 0 Å². The van der Waals surface area contributed by atoms with Crippen LogP contribution in [-0.4, -0.2) is 25.2 Å². The minimum Gasteiger partial charge on any atom is -0.465 e. The second kappa shape index (κ2) is 11.8. The Kier molecular flexibility index (Phi) is 10.5. The molecule has 0 aromatic heterocycles. The first kappa shape index (κ1) is 25.0. The first-order valence-corrected chi connectivity index (χ1v) is 11.4. The van der Waals surface area contributed by atoms with E-state index in [0.29, 0.717) is 13.2 Å². The van der Waals surface area contributed by atoms with Crippen molar-refractivity contribution < 1.29 is 19.1 Å². The van der Waals surface area contributed by atoms with E-state index in [2.05, 4.69) is 41.5 Å². The number of rotatable bonds is 12. The molecule has 0 aromatic carbocycles. The normalized spacial score (nSPS) is 20.6. The van der Waals surface area contributed by atoms with Crippen LogP contribution in [0.5, 0.6) is 0 Å². The van der Waals surface area contributed by atoms with Gasteiger partial charge in [0.15, 0.2) is 0 Å². The molecule has 1 fully saturated rings. The van der Waals surface area contributed by atoms with Crippen molar-refractivity contribution in [3.63, 3.8) is 0 Å². The molecule has 0 bridgehead atoms. The summed E-state index contributed by atoms with van der Waals surface area (Å²) in [5.74, 6) is -0.274. The van der Waals surface area contributed by atoms with Crippen LogP contribution in [0.25, 0.3) is 0 Å². The van der Waals surface area contributed by atoms with Crippen molar-refractivity contribution in [1.82, 2.24) is 0 Å². The summed E-state index contributed by atoms with van der Waals surface area (Å²) in [5, 5.41) is 0. The molecule has 1 saturated carbocycles. The van der Waals surface area contributed by atoms with Crippen molar-refractivity contribution in [3.8, 4) is 0 Å². The molecule has 1 aliphatic carbocycles. The molecule has 0 aromatic rings. The maximum Gasteiger partial charge on any atom is 0.308 e. The first-order chi connectivity index (χ1) is 13.1. The van der Waals surface area contributed by atoms with Crippen LogP contribution in [0.15, 0.2) is 0 Å². The van der Waals surface area contributed by atoms with Crippen molar-refractivity contribution >= 4 is 11.9 Å². The highest BCUT2D eigenvalue weighted by Crippen LogP contribution is 2.32. The van der Waals surface area contributed by atoms with Crippen molar-refractivity contribution in [1.29, 1.82) is 0 Å². The predicted molar refractivity (Wildman–Crippen MR) is 114 cm³/mol. The minimum absolute atomic E-state index is 0.0539. The number of carbonyl (C=O) groups excluding carboxylic acids is 2. The molecule has 0 aliphatic heterocycles. The average molecular weight is 397 g/mol. The molecule has 0 spiro atoms. The Balaban J connectivity index is 2.26. The quantitative estimate of drug-likeness (QED) is 0.363. The van der Waals surface area contributed by atoms with Crippen LogP contribution in [0.1, 0.15) is 106 Å². The highest BCUT2D eigenvalue weighted by atomic mass is 16.5. The monoisotopic (exact) mass is 396 g/mol. The summed E-state index contributed by atoms with van der Waals surface area (Å²) >= 11 is 0. The molecule has 0 amide bonds. The molecule has 1 aliphatic rings. The zero-order valence-electron chi connectivity index (χ0n) is 19.3. The second-order valence-electron chi connectivity index (χ2n) is 10.2. The van der Waals surface area contributed by atoms with Crippen molar-refractivity contribution in [2.75, 3.05) is 13.2 Å². The van der Waals surface area contributed by atoms with Crippen LogP contribution >= 0.6 is 0 Å². The molecule has 4 heteroatoms. The van der Waals surface area contributed by atoms with Gasteiger partial charge in [0.2, 0.25) is 0 Å². The van der Waals surface area contributed by atoms with E-state index in [1.165, 1.54) is 0 Å². The molecule has 0 radical (unpaired) electrons. The largest absolute Gasteiger partial charge is 0.465 e. The molecule has 0 saturated heterocycles. The fourth-order valence-electron chi connectivity index (χ4n) is 4.26. The van der Waals surface area contributed by atoms with E-state index < -0.39 is 0 Å². The molecule has 0 atom stereocenters. The van der Waals surface area contributed by atoms with E-state index in [0.717, 1.165) is 64.2 Å². The van der Waals surface area contributed by atoms with Gasteiger partial charge in [0, 0.05) is 0 Å². The standard InChI is InChI=1S/C24H44O4/c1-7-13-23(3,4)15-17-27-21(25)19-9-11-20(12-10-19)22(26)28-18-16-24(5,6)14-8-2/h19-20H,7-18H2,1-6H3. The Morgan fingerprint density at radius 3 is 1.29 bits per heavy atom. The van der Waals surface area contributed by atoms with E-state index in [9.17, 15) is 9.59 Å². The average Bonchev–Trinajstić information content (AvgIpc) is 2.61. The Morgan fingerprint density at radius 1 is 0.679 bits per heavy atom. The topological polar surface area (TPSA) is 52.6 Å². The second-order valence-corrected chi connectivity index (χ2v) is 10.2. The van der Waals surface area contributed by atoms with Crippen LogP contribution in [-0.2, 0) is 19.1 Å². The van der Waals surface area contributed by atoms with Crippen LogP contribution in [0.4, 0.5) is 0 Å². The lowest BCUT2D eigenvalue weighted by molar-refractivity contribution is -0.156. The van der Waals surface area contributed by atoms with Gasteiger partial charge in [0.25, 0.3) is 0 Å². The maximum atomic E-state index is 12.3. The lowest BCUT2D eigenvalue weighted by Crippen LogP contribution is -2.29. The lowest BCUT2D eigenvalue weighted by Gasteiger charge is -2.28. The Hall–Kier alpha value is -1.06. The number of ether oxygens (including phenoxy) is 2. The van der Waals surface area contributed by atoms with E-state index >= 15 is 0 Å². The summed E-state index contributed by atoms with van der Waals surface area (Å²) in [6.45, 7) is 14.3. The third-order valence-corrected chi connectivity index (χ3v) is 6.29. The van der Waals surface area contributed by atoms with Gasteiger partial charge in [-0.25, -0.2) is 0 Å². The molecule has 0 unspecified atom stereocenters. The summed E-state index contributed by atoms with van der Waals surface area (Å²) in [5.41, 5.74) is 0.449. The Morgan fingerprint density at radius 2 is 1.00 bits per heavy atom. The van der Waals surface area contributed by atoms with Crippen molar-refractivity contribution in [3.05, 3.63) is 0 Å². The van der Waals surface area contributed by atoms with E-state index in [1.54, 1.807) is 0 Å². The fourth-order valence-corrected chi connectivity index (χ4v) is 4.26. The molecular weight excluding hydrogens is 352 g/mol. The van der Waals surface area contributed by atoms with E-state index in [4.69, 9.17) is 9.47 Å². The molecule has 1 rings (SSSR count). The molecule has 0 heterocycles. The van der Waals surface area contributed by atoms with Crippen LogP contribution in [0, 0.1) is 22.7 Å². The van der Waals surface area contributed by atoms with Crippen LogP contribution < -0.4 is 0 Å². The van der Waals surface area contributed by atoms with Gasteiger partial charge in [0.1, 0.15) is 0 Å². The van der Waals surface area contributed by atoms with Gasteiger partial charge >= 0.3 is 11.9 Å². The third kappa shape index (κ3) is 9.43. The number of hydrogen-bond acceptors (Lipinski definition) is 4. The van der Waals surface area contributed by atoms with Crippen molar-refractivity contribution in [2.45, 2.75) is 106 Å². The van der Waals surface area contributed by atoms with Crippen molar-refractivity contribution in [2.24, 2.45) is 22.7 Å². The molecular formula is C24H44O4. The van der Waals surface area contributed by atoms with E-state index in [1.807, 2.05) is 0 Å². The number of carbonyl (C=O) groups is 2. The van der Waals surface area contributed by atoms with Crippen LogP contribution in [0.2, 0.25) is 0 Å². The summed E-state index contributed by atoms with van der Waals surface area (Å²) in [7, 11) is 0. The molecule has 28 heavy (non-hydrogen) atoms. The summed E-state index contributed by atoms with van der Waals surface area (Å²) in [6, 6.07) is 0. The van der Waals surface area contributed by atoms with Gasteiger partial charge in [-0.15, -0.1) is 0 Å². The lowest BCUT2D eigenvalue weighted by atomic mass is 9.82. The maximum absolute atomic E-state index is 12.3. The minimum atomic E-state index is -0.0829. The van der Waals surface area contributed by atoms with Gasteiger partial charge < -0.3 is 9.47 Å². The summed E-state index contributed by atoms with van der Waals surface area (Å²) in [4.78, 5) is 24.6. The summed E-state index contributed by atoms with van der Waals surface area (Å²) in [6.07, 6.45) is 9.34. The van der Waals surface area contributed by atoms with Gasteiger partial charge in [-0.1, -0.05) is 54.4 Å². The smallest absolute Gasteiger partial charge is 0.308 e. The molecule has 4 nitrogen and oxygen atoms in total. The highest BCUT2D eigenvalue weighted by molar-refractivity contribution is 5.75.